The first-order valence-electron chi connectivity index (χ1n) is 8.89. The minimum Gasteiger partial charge on any atom is -0.549 e. The van der Waals surface area contributed by atoms with Crippen molar-refractivity contribution in [3.8, 4) is 6.07 Å². The summed E-state index contributed by atoms with van der Waals surface area (Å²) in [4.78, 5) is 0. The maximum absolute atomic E-state index is 9.92. The molecule has 0 aliphatic rings. The van der Waals surface area contributed by atoms with Crippen molar-refractivity contribution >= 4 is 16.6 Å². The van der Waals surface area contributed by atoms with Crippen molar-refractivity contribution in [2.45, 2.75) is 97.3 Å². The first-order valence-corrected chi connectivity index (χ1v) is 14.7. The molecule has 0 fully saturated rings. The molecule has 1 atom stereocenters. The topological polar surface area (TPSA) is 42.2 Å². The highest BCUT2D eigenvalue weighted by Gasteiger charge is 2.46. The molecule has 0 saturated heterocycles. The summed E-state index contributed by atoms with van der Waals surface area (Å²) in [5.41, 5.74) is -0.939. The van der Waals surface area contributed by atoms with Crippen LogP contribution in [0.15, 0.2) is 12.3 Å². The lowest BCUT2D eigenvalue weighted by molar-refractivity contribution is 0.108. The minimum absolute atomic E-state index is 0.0518. The predicted octanol–water partition coefficient (Wildman–Crippen LogP) is 6.46. The van der Waals surface area contributed by atoms with Crippen molar-refractivity contribution in [2.75, 3.05) is 0 Å². The molecular formula is C19H39NO2Si2. The molecule has 0 aromatic carbocycles. The van der Waals surface area contributed by atoms with Crippen LogP contribution in [0.5, 0.6) is 0 Å². The van der Waals surface area contributed by atoms with Crippen LogP contribution in [0.2, 0.25) is 36.3 Å². The van der Waals surface area contributed by atoms with Gasteiger partial charge >= 0.3 is 0 Å². The van der Waals surface area contributed by atoms with E-state index in [-0.39, 0.29) is 16.0 Å². The Labute approximate surface area is 152 Å². The number of hydrogen-bond acceptors (Lipinski definition) is 3. The first-order chi connectivity index (χ1) is 10.4. The van der Waals surface area contributed by atoms with E-state index in [4.69, 9.17) is 8.85 Å². The van der Waals surface area contributed by atoms with Gasteiger partial charge in [-0.05, 0) is 48.3 Å². The van der Waals surface area contributed by atoms with E-state index in [9.17, 15) is 5.26 Å². The Kier molecular flexibility index (Phi) is 7.17. The lowest BCUT2D eigenvalue weighted by atomic mass is 9.92. The Bertz CT molecular complexity index is 491. The summed E-state index contributed by atoms with van der Waals surface area (Å²) in [6, 6.07) is 2.43. The third-order valence-electron chi connectivity index (χ3n) is 5.75. The van der Waals surface area contributed by atoms with Crippen LogP contribution in [0, 0.1) is 17.2 Å². The fourth-order valence-corrected chi connectivity index (χ4v) is 3.85. The fraction of sp³-hybridized carbons (Fsp3) is 0.842. The molecule has 0 aliphatic carbocycles. The Morgan fingerprint density at radius 3 is 1.58 bits per heavy atom. The van der Waals surface area contributed by atoms with Crippen LogP contribution < -0.4 is 0 Å². The smallest absolute Gasteiger partial charge is 0.249 e. The van der Waals surface area contributed by atoms with E-state index in [2.05, 4.69) is 73.8 Å². The van der Waals surface area contributed by atoms with Crippen molar-refractivity contribution < 1.29 is 8.85 Å². The van der Waals surface area contributed by atoms with E-state index in [0.29, 0.717) is 0 Å². The zero-order chi connectivity index (χ0) is 19.6. The summed E-state index contributed by atoms with van der Waals surface area (Å²) in [5.74, 6) is 0.0518. The standard InChI is InChI=1S/C19H39NO2Si2/c1-16(2)19(15-20,22-24(11,12)18(6,7)8)13-14-21-23(9,10)17(3,4)5/h13-14,16H,1-12H3/b14-13+. The normalized spacial score (nSPS) is 17.0. The van der Waals surface area contributed by atoms with E-state index in [0.717, 1.165) is 0 Å². The molecule has 0 aromatic heterocycles. The van der Waals surface area contributed by atoms with Crippen molar-refractivity contribution in [1.29, 1.82) is 5.26 Å². The zero-order valence-electron chi connectivity index (χ0n) is 18.0. The van der Waals surface area contributed by atoms with Gasteiger partial charge in [-0.3, -0.25) is 0 Å². The third-order valence-corrected chi connectivity index (χ3v) is 14.5. The summed E-state index contributed by atoms with van der Waals surface area (Å²) < 4.78 is 12.7. The maximum Gasteiger partial charge on any atom is 0.249 e. The van der Waals surface area contributed by atoms with Gasteiger partial charge in [0.2, 0.25) is 8.32 Å². The van der Waals surface area contributed by atoms with Crippen LogP contribution in [-0.4, -0.2) is 22.2 Å². The SMILES string of the molecule is CC(C)C(C#N)(/C=C/O[Si](C)(C)C(C)(C)C)O[Si](C)(C)C(C)(C)C. The average molecular weight is 370 g/mol. The van der Waals surface area contributed by atoms with E-state index in [1.54, 1.807) is 6.26 Å². The van der Waals surface area contributed by atoms with Gasteiger partial charge in [-0.1, -0.05) is 55.4 Å². The lowest BCUT2D eigenvalue weighted by Gasteiger charge is -2.43. The van der Waals surface area contributed by atoms with Gasteiger partial charge in [0.15, 0.2) is 13.9 Å². The van der Waals surface area contributed by atoms with E-state index >= 15 is 0 Å². The molecule has 5 heteroatoms. The maximum atomic E-state index is 9.92. The molecule has 1 unspecified atom stereocenters. The van der Waals surface area contributed by atoms with Crippen molar-refractivity contribution in [3.05, 3.63) is 12.3 Å². The van der Waals surface area contributed by atoms with E-state index < -0.39 is 22.2 Å². The lowest BCUT2D eigenvalue weighted by Crippen LogP contribution is -2.50. The highest BCUT2D eigenvalue weighted by atomic mass is 28.4. The first kappa shape index (κ1) is 23.4. The van der Waals surface area contributed by atoms with Gasteiger partial charge in [-0.25, -0.2) is 0 Å². The molecule has 0 bridgehead atoms. The molecular weight excluding hydrogens is 330 g/mol. The molecule has 0 spiro atoms. The van der Waals surface area contributed by atoms with Crippen LogP contribution >= 0.6 is 0 Å². The van der Waals surface area contributed by atoms with Gasteiger partial charge in [0.05, 0.1) is 6.26 Å². The van der Waals surface area contributed by atoms with Gasteiger partial charge in [0.25, 0.3) is 0 Å². The van der Waals surface area contributed by atoms with E-state index in [1.807, 2.05) is 19.9 Å². The molecule has 0 N–H and O–H groups in total. The number of nitrogens with zero attached hydrogens (tertiary/aromatic N) is 1. The monoisotopic (exact) mass is 369 g/mol. The molecule has 24 heavy (non-hydrogen) atoms. The van der Waals surface area contributed by atoms with Crippen LogP contribution in [0.3, 0.4) is 0 Å². The molecule has 0 amide bonds. The highest BCUT2D eigenvalue weighted by molar-refractivity contribution is 6.74. The summed E-state index contributed by atoms with van der Waals surface area (Å²) >= 11 is 0. The molecule has 140 valence electrons. The molecule has 3 nitrogen and oxygen atoms in total. The second-order valence-electron chi connectivity index (χ2n) is 10.1. The fourth-order valence-electron chi connectivity index (χ4n) is 1.59. The van der Waals surface area contributed by atoms with Crippen molar-refractivity contribution in [1.82, 2.24) is 0 Å². The molecule has 0 aromatic rings. The van der Waals surface area contributed by atoms with Crippen LogP contribution in [0.4, 0.5) is 0 Å². The Hall–Kier alpha value is -0.576. The van der Waals surface area contributed by atoms with Gasteiger partial charge in [0, 0.05) is 0 Å². The Morgan fingerprint density at radius 1 is 0.875 bits per heavy atom. The van der Waals surface area contributed by atoms with Crippen LogP contribution in [0.25, 0.3) is 0 Å². The van der Waals surface area contributed by atoms with Gasteiger partial charge in [0.1, 0.15) is 6.07 Å². The van der Waals surface area contributed by atoms with Gasteiger partial charge in [-0.15, -0.1) is 0 Å². The number of nitriles is 1. The summed E-state index contributed by atoms with van der Waals surface area (Å²) in [5, 5.41) is 10.1. The average Bonchev–Trinajstić information content (AvgIpc) is 2.33. The number of rotatable bonds is 6. The predicted molar refractivity (Wildman–Crippen MR) is 109 cm³/mol. The minimum atomic E-state index is -2.07. The number of hydrogen-bond donors (Lipinski definition) is 0. The Morgan fingerprint density at radius 2 is 1.29 bits per heavy atom. The Balaban J connectivity index is 5.60. The molecule has 0 heterocycles. The van der Waals surface area contributed by atoms with E-state index in [1.165, 1.54) is 0 Å². The summed E-state index contributed by atoms with van der Waals surface area (Å²) in [7, 11) is -3.96. The zero-order valence-corrected chi connectivity index (χ0v) is 20.0. The van der Waals surface area contributed by atoms with Gasteiger partial charge < -0.3 is 8.85 Å². The van der Waals surface area contributed by atoms with Gasteiger partial charge in [-0.2, -0.15) is 5.26 Å². The molecule has 0 aliphatic heterocycles. The third kappa shape index (κ3) is 5.47. The van der Waals surface area contributed by atoms with Crippen LogP contribution in [-0.2, 0) is 8.85 Å². The second kappa shape index (κ2) is 7.35. The molecule has 0 radical (unpaired) electrons. The molecule has 0 saturated carbocycles. The highest BCUT2D eigenvalue weighted by Crippen LogP contribution is 2.41. The van der Waals surface area contributed by atoms with Crippen molar-refractivity contribution in [2.24, 2.45) is 5.92 Å². The van der Waals surface area contributed by atoms with Crippen LogP contribution in [0.1, 0.15) is 55.4 Å². The molecule has 0 rings (SSSR count). The van der Waals surface area contributed by atoms with Crippen molar-refractivity contribution in [3.63, 3.8) is 0 Å². The quantitative estimate of drug-likeness (QED) is 0.398. The summed E-state index contributed by atoms with van der Waals surface area (Å²) in [6.07, 6.45) is 3.58. The largest absolute Gasteiger partial charge is 0.549 e. The summed E-state index contributed by atoms with van der Waals surface area (Å²) in [6.45, 7) is 26.0. The second-order valence-corrected chi connectivity index (χ2v) is 19.6.